The van der Waals surface area contributed by atoms with Crippen LogP contribution in [0.5, 0.6) is 0 Å². The van der Waals surface area contributed by atoms with E-state index in [0.717, 1.165) is 9.39 Å². The predicted octanol–water partition coefficient (Wildman–Crippen LogP) is 3.83. The highest BCUT2D eigenvalue weighted by Gasteiger charge is 2.64. The van der Waals surface area contributed by atoms with Crippen LogP contribution in [0.3, 0.4) is 0 Å². The fourth-order valence-corrected chi connectivity index (χ4v) is 3.81. The van der Waals surface area contributed by atoms with E-state index >= 15 is 0 Å². The molecule has 0 aromatic carbocycles. The van der Waals surface area contributed by atoms with Gasteiger partial charge in [-0.05, 0) is 54.3 Å². The fourth-order valence-electron chi connectivity index (χ4n) is 3.25. The van der Waals surface area contributed by atoms with Crippen molar-refractivity contribution in [3.8, 4) is 0 Å². The zero-order valence-corrected chi connectivity index (χ0v) is 12.0. The Labute approximate surface area is 113 Å². The van der Waals surface area contributed by atoms with E-state index in [4.69, 9.17) is 0 Å². The molecule has 2 saturated carbocycles. The second kappa shape index (κ2) is 3.65. The molecule has 2 aliphatic rings. The van der Waals surface area contributed by atoms with Crippen LogP contribution in [0.2, 0.25) is 0 Å². The summed E-state index contributed by atoms with van der Waals surface area (Å²) < 4.78 is 29.3. The van der Waals surface area contributed by atoms with Crippen molar-refractivity contribution in [2.45, 2.75) is 44.6 Å². The van der Waals surface area contributed by atoms with Crippen LogP contribution < -0.4 is 0 Å². The quantitative estimate of drug-likeness (QED) is 0.740. The molecule has 0 amide bonds. The molecule has 17 heavy (non-hydrogen) atoms. The van der Waals surface area contributed by atoms with Gasteiger partial charge in [-0.15, -0.1) is 0 Å². The number of aromatic nitrogens is 2. The summed E-state index contributed by atoms with van der Waals surface area (Å²) in [5.41, 5.74) is 1.16. The van der Waals surface area contributed by atoms with Gasteiger partial charge in [-0.2, -0.15) is 5.10 Å². The summed E-state index contributed by atoms with van der Waals surface area (Å²) in [5.74, 6) is -1.71. The average Bonchev–Trinajstić information content (AvgIpc) is 2.57. The van der Waals surface area contributed by atoms with Crippen molar-refractivity contribution in [1.82, 2.24) is 9.78 Å². The van der Waals surface area contributed by atoms with E-state index in [1.807, 2.05) is 4.68 Å². The summed E-state index contributed by atoms with van der Waals surface area (Å²) >= 11 is 2.19. The van der Waals surface area contributed by atoms with Crippen LogP contribution in [0, 0.1) is 15.5 Å². The zero-order chi connectivity index (χ0) is 12.4. The highest BCUT2D eigenvalue weighted by Crippen LogP contribution is 2.67. The number of nitrogens with zero attached hydrogens (tertiary/aromatic N) is 2. The molecular weight excluding hydrogens is 337 g/mol. The molecule has 1 aromatic heterocycles. The van der Waals surface area contributed by atoms with Gasteiger partial charge in [-0.1, -0.05) is 0 Å². The van der Waals surface area contributed by atoms with Crippen molar-refractivity contribution in [2.24, 2.45) is 11.8 Å². The molecule has 94 valence electrons. The van der Waals surface area contributed by atoms with E-state index in [1.54, 1.807) is 0 Å². The molecule has 0 radical (unpaired) electrons. The lowest BCUT2D eigenvalue weighted by atomic mass is 10.1. The summed E-state index contributed by atoms with van der Waals surface area (Å²) in [6, 6.07) is 2.36. The topological polar surface area (TPSA) is 17.8 Å². The highest BCUT2D eigenvalue weighted by atomic mass is 127. The van der Waals surface area contributed by atoms with E-state index in [0.29, 0.717) is 12.0 Å². The molecule has 1 aromatic rings. The van der Waals surface area contributed by atoms with Crippen LogP contribution in [-0.4, -0.2) is 15.7 Å². The van der Waals surface area contributed by atoms with Crippen LogP contribution in [0.15, 0.2) is 6.07 Å². The lowest BCUT2D eigenvalue weighted by Gasteiger charge is -2.15. The van der Waals surface area contributed by atoms with Crippen molar-refractivity contribution in [1.29, 1.82) is 0 Å². The van der Waals surface area contributed by atoms with Gasteiger partial charge in [0, 0.05) is 30.5 Å². The third-order valence-electron chi connectivity index (χ3n) is 3.97. The highest BCUT2D eigenvalue weighted by molar-refractivity contribution is 14.1. The SMILES string of the molecule is CC(C)n1nc(I)cc1C1[C@H]2CC(F)(F)C[C@@H]12. The molecule has 2 fully saturated rings. The fraction of sp³-hybridized carbons (Fsp3) is 0.750. The third kappa shape index (κ3) is 1.90. The maximum absolute atomic E-state index is 13.2. The molecule has 2 aliphatic carbocycles. The summed E-state index contributed by atoms with van der Waals surface area (Å²) in [4.78, 5) is 0. The van der Waals surface area contributed by atoms with E-state index in [9.17, 15) is 8.78 Å². The molecule has 0 spiro atoms. The molecule has 0 aliphatic heterocycles. The van der Waals surface area contributed by atoms with Gasteiger partial charge < -0.3 is 0 Å². The second-order valence-electron chi connectivity index (χ2n) is 5.55. The molecular formula is C12H15F2IN2. The van der Waals surface area contributed by atoms with Crippen molar-refractivity contribution >= 4 is 22.6 Å². The Morgan fingerprint density at radius 1 is 1.41 bits per heavy atom. The van der Waals surface area contributed by atoms with Crippen molar-refractivity contribution < 1.29 is 8.78 Å². The molecule has 1 unspecified atom stereocenters. The summed E-state index contributed by atoms with van der Waals surface area (Å²) in [6.07, 6.45) is 0.143. The molecule has 1 heterocycles. The smallest absolute Gasteiger partial charge is 0.248 e. The number of alkyl halides is 2. The third-order valence-corrected chi connectivity index (χ3v) is 4.49. The van der Waals surface area contributed by atoms with Gasteiger partial charge in [0.2, 0.25) is 5.92 Å². The Balaban J connectivity index is 1.85. The van der Waals surface area contributed by atoms with Gasteiger partial charge in [0.05, 0.1) is 0 Å². The Bertz CT molecular complexity index is 441. The monoisotopic (exact) mass is 352 g/mol. The lowest BCUT2D eigenvalue weighted by molar-refractivity contribution is -0.00554. The Hall–Kier alpha value is -0.200. The lowest BCUT2D eigenvalue weighted by Crippen LogP contribution is -2.15. The molecule has 0 N–H and O–H groups in total. The van der Waals surface area contributed by atoms with Crippen LogP contribution in [-0.2, 0) is 0 Å². The summed E-state index contributed by atoms with van der Waals surface area (Å²) in [7, 11) is 0. The molecule has 0 bridgehead atoms. The van der Waals surface area contributed by atoms with Gasteiger partial charge in [-0.3, -0.25) is 4.68 Å². The molecule has 2 nitrogen and oxygen atoms in total. The molecule has 3 atom stereocenters. The van der Waals surface area contributed by atoms with Gasteiger partial charge in [0.15, 0.2) is 0 Å². The van der Waals surface area contributed by atoms with E-state index < -0.39 is 5.92 Å². The minimum absolute atomic E-state index is 0.0716. The molecule has 0 saturated heterocycles. The number of halogens is 3. The van der Waals surface area contributed by atoms with Crippen molar-refractivity contribution in [3.05, 3.63) is 15.5 Å². The average molecular weight is 352 g/mol. The first-order chi connectivity index (χ1) is 7.89. The second-order valence-corrected chi connectivity index (χ2v) is 6.65. The first kappa shape index (κ1) is 11.9. The van der Waals surface area contributed by atoms with Gasteiger partial charge >= 0.3 is 0 Å². The minimum atomic E-state index is -2.42. The van der Waals surface area contributed by atoms with Gasteiger partial charge in [0.1, 0.15) is 3.70 Å². The van der Waals surface area contributed by atoms with E-state index in [-0.39, 0.29) is 24.7 Å². The van der Waals surface area contributed by atoms with Crippen LogP contribution >= 0.6 is 22.6 Å². The van der Waals surface area contributed by atoms with Crippen LogP contribution in [0.25, 0.3) is 0 Å². The molecule has 3 rings (SSSR count). The number of hydrogen-bond acceptors (Lipinski definition) is 1. The zero-order valence-electron chi connectivity index (χ0n) is 9.83. The number of fused-ring (bicyclic) bond motifs is 1. The first-order valence-corrected chi connectivity index (χ1v) is 7.10. The van der Waals surface area contributed by atoms with Crippen LogP contribution in [0.1, 0.15) is 44.3 Å². The first-order valence-electron chi connectivity index (χ1n) is 6.02. The Morgan fingerprint density at radius 3 is 2.53 bits per heavy atom. The number of rotatable bonds is 2. The summed E-state index contributed by atoms with van der Waals surface area (Å²) in [6.45, 7) is 4.17. The maximum atomic E-state index is 13.2. The van der Waals surface area contributed by atoms with Crippen molar-refractivity contribution in [3.63, 3.8) is 0 Å². The largest absolute Gasteiger partial charge is 0.266 e. The van der Waals surface area contributed by atoms with E-state index in [2.05, 4.69) is 47.6 Å². The van der Waals surface area contributed by atoms with Crippen LogP contribution in [0.4, 0.5) is 8.78 Å². The Morgan fingerprint density at radius 2 is 2.00 bits per heavy atom. The normalized spacial score (nSPS) is 34.1. The predicted molar refractivity (Wildman–Crippen MR) is 69.2 cm³/mol. The maximum Gasteiger partial charge on any atom is 0.248 e. The van der Waals surface area contributed by atoms with Gasteiger partial charge in [-0.25, -0.2) is 8.78 Å². The minimum Gasteiger partial charge on any atom is -0.266 e. The van der Waals surface area contributed by atoms with Gasteiger partial charge in [0.25, 0.3) is 0 Å². The Kier molecular flexibility index (Phi) is 2.55. The number of hydrogen-bond donors (Lipinski definition) is 0. The molecule has 5 heteroatoms. The van der Waals surface area contributed by atoms with E-state index in [1.165, 1.54) is 0 Å². The standard InChI is InChI=1S/C12H15F2IN2/c1-6(2)17-9(3-10(15)16-17)11-7-4-12(13,14)5-8(7)11/h3,6-8,11H,4-5H2,1-2H3/t7-,8+,11?. The summed E-state index contributed by atoms with van der Waals surface area (Å²) in [5, 5.41) is 4.45. The van der Waals surface area contributed by atoms with Crippen molar-refractivity contribution in [2.75, 3.05) is 0 Å².